The van der Waals surface area contributed by atoms with Gasteiger partial charge in [0, 0.05) is 31.4 Å². The summed E-state index contributed by atoms with van der Waals surface area (Å²) in [5.74, 6) is -1.53. The van der Waals surface area contributed by atoms with E-state index in [9.17, 15) is 27.6 Å². The lowest BCUT2D eigenvalue weighted by Gasteiger charge is -2.29. The molecule has 1 aliphatic heterocycles. The fourth-order valence-corrected chi connectivity index (χ4v) is 5.03. The second-order valence-corrected chi connectivity index (χ2v) is 10.2. The molecule has 0 radical (unpaired) electrons. The second kappa shape index (κ2) is 10.7. The van der Waals surface area contributed by atoms with Gasteiger partial charge in [-0.2, -0.15) is 13.2 Å². The molecule has 8 nitrogen and oxygen atoms in total. The first kappa shape index (κ1) is 27.3. The van der Waals surface area contributed by atoms with Gasteiger partial charge in [-0.25, -0.2) is 4.98 Å². The van der Waals surface area contributed by atoms with E-state index >= 15 is 0 Å². The topological polar surface area (TPSA) is 117 Å². The normalized spacial score (nSPS) is 15.6. The molecule has 4 N–H and O–H groups in total. The van der Waals surface area contributed by atoms with Crippen LogP contribution in [0.2, 0.25) is 0 Å². The Morgan fingerprint density at radius 3 is 2.45 bits per heavy atom. The fourth-order valence-electron chi connectivity index (χ4n) is 5.03. The van der Waals surface area contributed by atoms with Crippen LogP contribution in [0.4, 0.5) is 24.7 Å². The molecule has 1 aromatic heterocycles. The minimum absolute atomic E-state index is 0.0592. The lowest BCUT2D eigenvalue weighted by molar-refractivity contribution is -0.199. The van der Waals surface area contributed by atoms with E-state index in [1.807, 2.05) is 6.07 Å². The number of alkyl halides is 3. The number of carbonyl (C=O) groups excluding carboxylic acids is 3. The summed E-state index contributed by atoms with van der Waals surface area (Å²) in [7, 11) is 0. The van der Waals surface area contributed by atoms with E-state index in [-0.39, 0.29) is 38.3 Å². The average Bonchev–Trinajstić information content (AvgIpc) is 3.72. The van der Waals surface area contributed by atoms with Crippen LogP contribution in [-0.4, -0.2) is 40.3 Å². The fraction of sp³-hybridized carbons (Fsp3) is 0.310. The van der Waals surface area contributed by atoms with Crippen molar-refractivity contribution in [3.8, 4) is 0 Å². The van der Waals surface area contributed by atoms with Crippen LogP contribution in [0, 0.1) is 5.41 Å². The predicted molar refractivity (Wildman–Crippen MR) is 142 cm³/mol. The van der Waals surface area contributed by atoms with Gasteiger partial charge in [0.2, 0.25) is 17.7 Å². The maximum atomic E-state index is 13.8. The van der Waals surface area contributed by atoms with Crippen molar-refractivity contribution < 1.29 is 27.6 Å². The first-order chi connectivity index (χ1) is 19.1. The summed E-state index contributed by atoms with van der Waals surface area (Å²) in [6.07, 6.45) is -3.15. The molecular weight excluding hydrogens is 523 g/mol. The maximum Gasteiger partial charge on any atom is 0.403 e. The third kappa shape index (κ3) is 5.55. The van der Waals surface area contributed by atoms with Gasteiger partial charge in [-0.1, -0.05) is 36.4 Å². The molecule has 2 aliphatic rings. The SMILES string of the molecule is NCc1ccccc1CN(CC(=O)Nc1ccc2c(c1)CC(=O)Nc1ncccc1C2)C(=O)C1(C(F)(F)F)CC1. The van der Waals surface area contributed by atoms with Gasteiger partial charge >= 0.3 is 6.18 Å². The van der Waals surface area contributed by atoms with Crippen LogP contribution in [0.25, 0.3) is 0 Å². The molecule has 0 bridgehead atoms. The number of carbonyl (C=O) groups is 3. The van der Waals surface area contributed by atoms with Gasteiger partial charge in [-0.3, -0.25) is 14.4 Å². The van der Waals surface area contributed by atoms with Crippen molar-refractivity contribution in [1.82, 2.24) is 9.88 Å². The molecule has 208 valence electrons. The van der Waals surface area contributed by atoms with Gasteiger partial charge < -0.3 is 21.3 Å². The molecule has 3 aromatic rings. The number of nitrogens with zero attached hydrogens (tertiary/aromatic N) is 2. The first-order valence-corrected chi connectivity index (χ1v) is 12.9. The zero-order valence-corrected chi connectivity index (χ0v) is 21.6. The Morgan fingerprint density at radius 2 is 1.75 bits per heavy atom. The van der Waals surface area contributed by atoms with E-state index in [0.717, 1.165) is 16.0 Å². The van der Waals surface area contributed by atoms with Crippen molar-refractivity contribution in [3.05, 3.63) is 88.6 Å². The Bertz CT molecular complexity index is 1470. The molecule has 3 amide bonds. The number of halogens is 3. The van der Waals surface area contributed by atoms with Crippen molar-refractivity contribution >= 4 is 29.2 Å². The minimum Gasteiger partial charge on any atom is -0.328 e. The number of rotatable bonds is 7. The van der Waals surface area contributed by atoms with Crippen LogP contribution < -0.4 is 16.4 Å². The second-order valence-electron chi connectivity index (χ2n) is 10.2. The van der Waals surface area contributed by atoms with E-state index in [0.29, 0.717) is 34.6 Å². The standard InChI is InChI=1S/C29H28F3N5O3/c30-29(31,32)28(9-10-28)27(40)37(16-21-5-2-1-4-20(21)15-33)17-25(39)35-23-8-7-18-12-19-6-3-11-34-26(19)36-24(38)14-22(18)13-23/h1-8,11,13H,9-10,12,14-17,33H2,(H,35,39)(H,34,36,38). The van der Waals surface area contributed by atoms with Crippen LogP contribution in [0.5, 0.6) is 0 Å². The van der Waals surface area contributed by atoms with Gasteiger partial charge in [-0.15, -0.1) is 0 Å². The van der Waals surface area contributed by atoms with Gasteiger partial charge in [0.25, 0.3) is 0 Å². The third-order valence-electron chi connectivity index (χ3n) is 7.39. The monoisotopic (exact) mass is 551 g/mol. The summed E-state index contributed by atoms with van der Waals surface area (Å²) in [5.41, 5.74) is 7.38. The Labute approximate surface area is 228 Å². The highest BCUT2D eigenvalue weighted by Gasteiger charge is 2.69. The Hall–Kier alpha value is -4.25. The molecule has 11 heteroatoms. The smallest absolute Gasteiger partial charge is 0.328 e. The molecule has 5 rings (SSSR count). The highest BCUT2D eigenvalue weighted by Crippen LogP contribution is 2.58. The molecule has 1 saturated carbocycles. The number of hydrogen-bond donors (Lipinski definition) is 3. The summed E-state index contributed by atoms with van der Waals surface area (Å²) in [6.45, 7) is -0.625. The first-order valence-electron chi connectivity index (χ1n) is 12.9. The van der Waals surface area contributed by atoms with E-state index in [1.165, 1.54) is 0 Å². The number of hydrogen-bond acceptors (Lipinski definition) is 5. The lowest BCUT2D eigenvalue weighted by Crippen LogP contribution is -2.46. The highest BCUT2D eigenvalue weighted by molar-refractivity contribution is 5.97. The summed E-state index contributed by atoms with van der Waals surface area (Å²) in [4.78, 5) is 44.0. The van der Waals surface area contributed by atoms with Gasteiger partial charge in [0.05, 0.1) is 6.42 Å². The number of benzene rings is 2. The quantitative estimate of drug-likeness (QED) is 0.411. The maximum absolute atomic E-state index is 13.8. The average molecular weight is 552 g/mol. The summed E-state index contributed by atoms with van der Waals surface area (Å²) >= 11 is 0. The molecule has 1 fully saturated rings. The lowest BCUT2D eigenvalue weighted by atomic mass is 9.95. The Balaban J connectivity index is 1.36. The number of nitrogens with one attached hydrogen (secondary N) is 2. The van der Waals surface area contributed by atoms with E-state index in [2.05, 4.69) is 15.6 Å². The molecule has 2 aromatic carbocycles. The van der Waals surface area contributed by atoms with Gasteiger partial charge in [-0.05, 0) is 58.9 Å². The van der Waals surface area contributed by atoms with Crippen molar-refractivity contribution in [1.29, 1.82) is 0 Å². The molecule has 2 heterocycles. The van der Waals surface area contributed by atoms with Crippen molar-refractivity contribution in [2.45, 2.75) is 44.9 Å². The van der Waals surface area contributed by atoms with Crippen LogP contribution >= 0.6 is 0 Å². The minimum atomic E-state index is -4.71. The molecule has 0 unspecified atom stereocenters. The molecular formula is C29H28F3N5O3. The zero-order valence-electron chi connectivity index (χ0n) is 21.6. The summed E-state index contributed by atoms with van der Waals surface area (Å²) < 4.78 is 41.5. The number of amides is 3. The van der Waals surface area contributed by atoms with Crippen LogP contribution in [0.15, 0.2) is 60.8 Å². The zero-order chi connectivity index (χ0) is 28.5. The van der Waals surface area contributed by atoms with Crippen molar-refractivity contribution in [3.63, 3.8) is 0 Å². The van der Waals surface area contributed by atoms with Crippen LogP contribution in [0.1, 0.15) is 40.7 Å². The Kier molecular flexibility index (Phi) is 7.33. The summed E-state index contributed by atoms with van der Waals surface area (Å²) in [5, 5.41) is 5.47. The van der Waals surface area contributed by atoms with Crippen LogP contribution in [-0.2, 0) is 40.3 Å². The van der Waals surface area contributed by atoms with E-state index in [1.54, 1.807) is 54.7 Å². The number of fused-ring (bicyclic) bond motifs is 2. The predicted octanol–water partition coefficient (Wildman–Crippen LogP) is 3.94. The highest BCUT2D eigenvalue weighted by atomic mass is 19.4. The third-order valence-corrected chi connectivity index (χ3v) is 7.39. The van der Waals surface area contributed by atoms with Gasteiger partial charge in [0.15, 0.2) is 0 Å². The van der Waals surface area contributed by atoms with Crippen molar-refractivity contribution in [2.24, 2.45) is 11.1 Å². The van der Waals surface area contributed by atoms with Crippen LogP contribution in [0.3, 0.4) is 0 Å². The molecule has 0 saturated heterocycles. The molecule has 0 spiro atoms. The molecule has 40 heavy (non-hydrogen) atoms. The number of pyridine rings is 1. The number of aromatic nitrogens is 1. The molecule has 0 atom stereocenters. The van der Waals surface area contributed by atoms with E-state index < -0.39 is 30.0 Å². The number of anilines is 2. The largest absolute Gasteiger partial charge is 0.403 e. The van der Waals surface area contributed by atoms with Crippen molar-refractivity contribution in [2.75, 3.05) is 17.2 Å². The molecule has 1 aliphatic carbocycles. The number of nitrogens with two attached hydrogens (primary N) is 1. The van der Waals surface area contributed by atoms with E-state index in [4.69, 9.17) is 5.73 Å². The van der Waals surface area contributed by atoms with Gasteiger partial charge in [0.1, 0.15) is 17.8 Å². The summed E-state index contributed by atoms with van der Waals surface area (Å²) in [6, 6.07) is 15.7. The Morgan fingerprint density at radius 1 is 1.00 bits per heavy atom.